The molecule has 0 aromatic heterocycles. The molecule has 0 saturated heterocycles. The quantitative estimate of drug-likeness (QED) is 0.701. The van der Waals surface area contributed by atoms with Gasteiger partial charge in [-0.25, -0.2) is 0 Å². The number of rotatable bonds is 2. The van der Waals surface area contributed by atoms with Gasteiger partial charge in [0.15, 0.2) is 0 Å². The Balaban J connectivity index is 1.96. The van der Waals surface area contributed by atoms with Crippen molar-refractivity contribution >= 4 is 0 Å². The fourth-order valence-electron chi connectivity index (χ4n) is 2.49. The van der Waals surface area contributed by atoms with Crippen molar-refractivity contribution in [2.45, 2.75) is 12.8 Å². The summed E-state index contributed by atoms with van der Waals surface area (Å²) in [5.41, 5.74) is 3.84. The Labute approximate surface area is 113 Å². The van der Waals surface area contributed by atoms with Gasteiger partial charge >= 0.3 is 6.36 Å². The van der Waals surface area contributed by atoms with Crippen LogP contribution in [-0.2, 0) is 6.42 Å². The molecule has 2 nitrogen and oxygen atoms in total. The molecule has 0 spiro atoms. The van der Waals surface area contributed by atoms with E-state index in [4.69, 9.17) is 4.74 Å². The first kappa shape index (κ1) is 12.8. The van der Waals surface area contributed by atoms with Crippen LogP contribution in [0.5, 0.6) is 11.5 Å². The summed E-state index contributed by atoms with van der Waals surface area (Å²) in [7, 11) is 1.58. The highest BCUT2D eigenvalue weighted by Gasteiger charge is 2.31. The molecule has 104 valence electrons. The summed E-state index contributed by atoms with van der Waals surface area (Å²) in [6, 6.07) is 10.1. The van der Waals surface area contributed by atoms with Crippen molar-refractivity contribution in [1.29, 1.82) is 0 Å². The maximum atomic E-state index is 12.2. The first-order valence-corrected chi connectivity index (χ1v) is 6.02. The molecule has 20 heavy (non-hydrogen) atoms. The Hall–Kier alpha value is -2.17. The minimum Gasteiger partial charge on any atom is -0.497 e. The van der Waals surface area contributed by atoms with Crippen LogP contribution in [0.25, 0.3) is 11.1 Å². The molecule has 0 radical (unpaired) electrons. The average Bonchev–Trinajstić information content (AvgIpc) is 2.72. The van der Waals surface area contributed by atoms with Crippen molar-refractivity contribution in [2.75, 3.05) is 7.11 Å². The van der Waals surface area contributed by atoms with Crippen LogP contribution in [0.15, 0.2) is 36.4 Å². The van der Waals surface area contributed by atoms with Gasteiger partial charge in [-0.1, -0.05) is 12.1 Å². The number of methoxy groups -OCH3 is 1. The highest BCUT2D eigenvalue weighted by Crippen LogP contribution is 2.40. The van der Waals surface area contributed by atoms with Gasteiger partial charge in [0, 0.05) is 0 Å². The van der Waals surface area contributed by atoms with E-state index in [1.54, 1.807) is 13.2 Å². The zero-order chi connectivity index (χ0) is 14.3. The van der Waals surface area contributed by atoms with Gasteiger partial charge in [-0.15, -0.1) is 13.2 Å². The van der Waals surface area contributed by atoms with Gasteiger partial charge in [-0.2, -0.15) is 0 Å². The molecule has 0 atom stereocenters. The molecule has 0 heterocycles. The van der Waals surface area contributed by atoms with Gasteiger partial charge in [0.1, 0.15) is 11.5 Å². The van der Waals surface area contributed by atoms with Crippen LogP contribution >= 0.6 is 0 Å². The molecule has 0 fully saturated rings. The molecular formula is C15H11F3O2. The maximum Gasteiger partial charge on any atom is 0.573 e. The zero-order valence-electron chi connectivity index (χ0n) is 10.6. The van der Waals surface area contributed by atoms with Crippen molar-refractivity contribution in [1.82, 2.24) is 0 Å². The smallest absolute Gasteiger partial charge is 0.497 e. The van der Waals surface area contributed by atoms with Crippen LogP contribution in [0, 0.1) is 0 Å². The van der Waals surface area contributed by atoms with Crippen LogP contribution in [0.2, 0.25) is 0 Å². The molecule has 2 aromatic rings. The lowest BCUT2D eigenvalue weighted by Gasteiger charge is -2.10. The molecule has 0 N–H and O–H groups in total. The summed E-state index contributed by atoms with van der Waals surface area (Å²) >= 11 is 0. The van der Waals surface area contributed by atoms with E-state index < -0.39 is 6.36 Å². The third kappa shape index (κ3) is 2.31. The predicted molar refractivity (Wildman–Crippen MR) is 67.9 cm³/mol. The van der Waals surface area contributed by atoms with E-state index in [0.717, 1.165) is 28.0 Å². The first-order chi connectivity index (χ1) is 9.46. The lowest BCUT2D eigenvalue weighted by Crippen LogP contribution is -2.17. The molecule has 0 aliphatic heterocycles. The molecule has 1 aliphatic rings. The Kier molecular flexibility index (Phi) is 2.85. The van der Waals surface area contributed by atoms with Crippen LogP contribution in [0.1, 0.15) is 11.1 Å². The third-order valence-corrected chi connectivity index (χ3v) is 3.29. The van der Waals surface area contributed by atoms with Gasteiger partial charge in [-0.3, -0.25) is 0 Å². The third-order valence-electron chi connectivity index (χ3n) is 3.29. The van der Waals surface area contributed by atoms with Crippen LogP contribution in [0.3, 0.4) is 0 Å². The summed E-state index contributed by atoms with van der Waals surface area (Å²) in [4.78, 5) is 0. The topological polar surface area (TPSA) is 18.5 Å². The van der Waals surface area contributed by atoms with E-state index >= 15 is 0 Å². The minimum absolute atomic E-state index is 0.184. The van der Waals surface area contributed by atoms with Crippen LogP contribution in [0.4, 0.5) is 13.2 Å². The van der Waals surface area contributed by atoms with E-state index in [1.807, 2.05) is 18.2 Å². The number of alkyl halides is 3. The van der Waals surface area contributed by atoms with Gasteiger partial charge < -0.3 is 9.47 Å². The first-order valence-electron chi connectivity index (χ1n) is 6.02. The van der Waals surface area contributed by atoms with Gasteiger partial charge in [0.25, 0.3) is 0 Å². The second-order valence-electron chi connectivity index (χ2n) is 4.57. The zero-order valence-corrected chi connectivity index (χ0v) is 10.6. The predicted octanol–water partition coefficient (Wildman–Crippen LogP) is 4.17. The number of ether oxygens (including phenoxy) is 2. The Morgan fingerprint density at radius 2 is 1.45 bits per heavy atom. The van der Waals surface area contributed by atoms with Gasteiger partial charge in [-0.05, 0) is 52.9 Å². The molecule has 0 bridgehead atoms. The second-order valence-corrected chi connectivity index (χ2v) is 4.57. The number of hydrogen-bond acceptors (Lipinski definition) is 2. The second kappa shape index (κ2) is 4.44. The number of fused-ring (bicyclic) bond motifs is 3. The lowest BCUT2D eigenvalue weighted by atomic mass is 10.1. The van der Waals surface area contributed by atoms with Gasteiger partial charge in [0.2, 0.25) is 0 Å². The number of hydrogen-bond donors (Lipinski definition) is 0. The molecule has 0 saturated carbocycles. The number of halogens is 3. The summed E-state index contributed by atoms with van der Waals surface area (Å²) in [5, 5.41) is 0. The van der Waals surface area contributed by atoms with Crippen molar-refractivity contribution in [3.8, 4) is 22.6 Å². The highest BCUT2D eigenvalue weighted by atomic mass is 19.4. The molecule has 5 heteroatoms. The van der Waals surface area contributed by atoms with E-state index in [2.05, 4.69) is 4.74 Å². The van der Waals surface area contributed by atoms with Gasteiger partial charge in [0.05, 0.1) is 7.11 Å². The Morgan fingerprint density at radius 1 is 0.900 bits per heavy atom. The Bertz CT molecular complexity index is 663. The van der Waals surface area contributed by atoms with Crippen LogP contribution in [-0.4, -0.2) is 13.5 Å². The summed E-state index contributed by atoms with van der Waals surface area (Å²) in [6.45, 7) is 0. The van der Waals surface area contributed by atoms with E-state index in [-0.39, 0.29) is 5.75 Å². The molecule has 0 amide bonds. The normalized spacial score (nSPS) is 12.8. The molecule has 0 unspecified atom stereocenters. The highest BCUT2D eigenvalue weighted by molar-refractivity contribution is 5.78. The molecule has 2 aromatic carbocycles. The largest absolute Gasteiger partial charge is 0.573 e. The fourth-order valence-corrected chi connectivity index (χ4v) is 2.49. The van der Waals surface area contributed by atoms with E-state index in [9.17, 15) is 13.2 Å². The Morgan fingerprint density at radius 3 is 2.00 bits per heavy atom. The van der Waals surface area contributed by atoms with Crippen molar-refractivity contribution in [2.24, 2.45) is 0 Å². The maximum absolute atomic E-state index is 12.2. The lowest BCUT2D eigenvalue weighted by molar-refractivity contribution is -0.274. The minimum atomic E-state index is -4.66. The van der Waals surface area contributed by atoms with Crippen molar-refractivity contribution < 1.29 is 22.6 Å². The van der Waals surface area contributed by atoms with Crippen molar-refractivity contribution in [3.63, 3.8) is 0 Å². The standard InChI is InChI=1S/C15H11F3O2/c1-19-11-2-4-13-9(7-11)6-10-8-12(3-5-14(10)13)20-15(16,17)18/h2-5,7-8H,6H2,1H3. The molecule has 1 aliphatic carbocycles. The number of benzene rings is 2. The average molecular weight is 280 g/mol. The monoisotopic (exact) mass is 280 g/mol. The van der Waals surface area contributed by atoms with E-state index in [1.165, 1.54) is 12.1 Å². The molecular weight excluding hydrogens is 269 g/mol. The van der Waals surface area contributed by atoms with Crippen molar-refractivity contribution in [3.05, 3.63) is 47.5 Å². The molecule has 3 rings (SSSR count). The SMILES string of the molecule is COc1ccc2c(c1)Cc1cc(OC(F)(F)F)ccc1-2. The van der Waals surface area contributed by atoms with Crippen LogP contribution < -0.4 is 9.47 Å². The summed E-state index contributed by atoms with van der Waals surface area (Å²) in [6.07, 6.45) is -4.08. The van der Waals surface area contributed by atoms with E-state index in [0.29, 0.717) is 6.42 Å². The summed E-state index contributed by atoms with van der Waals surface area (Å²) < 4.78 is 45.7. The summed E-state index contributed by atoms with van der Waals surface area (Å²) in [5.74, 6) is 0.555. The fraction of sp³-hybridized carbons (Fsp3) is 0.200.